The summed E-state index contributed by atoms with van der Waals surface area (Å²) in [6, 6.07) is 16.3. The topological polar surface area (TPSA) is 328 Å². The molecule has 6 amide bonds. The molecule has 3 heterocycles. The van der Waals surface area contributed by atoms with Gasteiger partial charge >= 0.3 is 12.1 Å². The van der Waals surface area contributed by atoms with E-state index in [4.69, 9.17) is 19.9 Å². The fraction of sp³-hybridized carbons (Fsp3) is 0.389. The van der Waals surface area contributed by atoms with Gasteiger partial charge in [-0.05, 0) is 82.4 Å². The second-order valence-corrected chi connectivity index (χ2v) is 21.3. The Labute approximate surface area is 458 Å². The number of carboxylic acids is 1. The number of hydrogen-bond acceptors (Lipinski definition) is 14. The highest BCUT2D eigenvalue weighted by Gasteiger charge is 2.33. The number of primary amides is 1. The lowest BCUT2D eigenvalue weighted by molar-refractivity contribution is -0.141. The predicted octanol–water partition coefficient (Wildman–Crippen LogP) is 4.42. The van der Waals surface area contributed by atoms with E-state index in [0.717, 1.165) is 50.3 Å². The lowest BCUT2D eigenvalue weighted by Crippen LogP contribution is -2.59. The maximum Gasteiger partial charge on any atom is 0.407 e. The van der Waals surface area contributed by atoms with Crippen molar-refractivity contribution in [3.8, 4) is 11.5 Å². The first kappa shape index (κ1) is 60.9. The molecule has 22 nitrogen and oxygen atoms in total. The molecule has 78 heavy (non-hydrogen) atoms. The van der Waals surface area contributed by atoms with Gasteiger partial charge in [-0.15, -0.1) is 0 Å². The number of nitrogens with two attached hydrogens (primary N) is 1. The molecule has 6 rings (SSSR count). The quantitative estimate of drug-likeness (QED) is 0.0383. The third-order valence-electron chi connectivity index (χ3n) is 11.9. The van der Waals surface area contributed by atoms with E-state index >= 15 is 0 Å². The van der Waals surface area contributed by atoms with Gasteiger partial charge in [0.2, 0.25) is 29.5 Å². The number of imidazole rings is 1. The largest absolute Gasteiger partial charge is 0.497 e. The Kier molecular flexibility index (Phi) is 22.6. The number of aryl methyl sites for hydroxylation is 1. The van der Waals surface area contributed by atoms with E-state index in [1.54, 1.807) is 84.0 Å². The fourth-order valence-corrected chi connectivity index (χ4v) is 9.55. The van der Waals surface area contributed by atoms with Crippen molar-refractivity contribution in [2.45, 2.75) is 107 Å². The summed E-state index contributed by atoms with van der Waals surface area (Å²) in [4.78, 5) is 105. The first-order chi connectivity index (χ1) is 37.1. The van der Waals surface area contributed by atoms with Crippen molar-refractivity contribution in [1.29, 1.82) is 0 Å². The molecule has 0 saturated carbocycles. The Morgan fingerprint density at radius 2 is 1.49 bits per heavy atom. The number of benzene rings is 3. The Hall–Kier alpha value is -7.99. The SMILES string of the molecule is COc1ccc2nc(S(=O)Cc3ncc(C)c(OC)c3C)[nH]c2c1.CSCC[C@H](NC(=O)[C@H](Cc1c[nH]c2ccccc12)NC(=O)CCNC(=O)OC(C)(C)C)C(=O)N[C@@H](CC(=O)O)C(=O)N[C@@H](Cc1ccccc1)C(N)=O. The average molecular weight is 1110 g/mol. The Bertz CT molecular complexity index is 3090. The number of ether oxygens (including phenoxy) is 3. The van der Waals surface area contributed by atoms with Crippen LogP contribution < -0.4 is 41.8 Å². The zero-order chi connectivity index (χ0) is 57.1. The summed E-state index contributed by atoms with van der Waals surface area (Å²) >= 11 is 1.39. The van der Waals surface area contributed by atoms with Gasteiger partial charge in [0, 0.05) is 66.3 Å². The Morgan fingerprint density at radius 1 is 0.821 bits per heavy atom. The highest BCUT2D eigenvalue weighted by molar-refractivity contribution is 7.98. The van der Waals surface area contributed by atoms with Crippen LogP contribution in [-0.4, -0.2) is 133 Å². The molecule has 0 aliphatic carbocycles. The van der Waals surface area contributed by atoms with Crippen LogP contribution >= 0.6 is 11.8 Å². The minimum atomic E-state index is -1.62. The van der Waals surface area contributed by atoms with Gasteiger partial charge in [-0.2, -0.15) is 11.8 Å². The second-order valence-electron chi connectivity index (χ2n) is 19.0. The zero-order valence-electron chi connectivity index (χ0n) is 44.8. The summed E-state index contributed by atoms with van der Waals surface area (Å²) < 4.78 is 28.5. The van der Waals surface area contributed by atoms with Crippen molar-refractivity contribution in [2.75, 3.05) is 32.8 Å². The molecule has 418 valence electrons. The normalized spacial score (nSPS) is 13.1. The summed E-state index contributed by atoms with van der Waals surface area (Å²) in [5.41, 5.74) is 11.2. The number of thioether (sulfide) groups is 1. The Morgan fingerprint density at radius 3 is 2.15 bits per heavy atom. The number of hydrogen-bond donors (Lipinski definition) is 9. The van der Waals surface area contributed by atoms with Gasteiger partial charge < -0.3 is 61.6 Å². The van der Waals surface area contributed by atoms with Crippen LogP contribution in [0.1, 0.15) is 68.0 Å². The van der Waals surface area contributed by atoms with Crippen molar-refractivity contribution >= 4 is 86.1 Å². The van der Waals surface area contributed by atoms with Crippen molar-refractivity contribution in [3.05, 3.63) is 113 Å². The third kappa shape index (κ3) is 18.3. The molecule has 3 aromatic carbocycles. The Balaban J connectivity index is 0.000000385. The predicted molar refractivity (Wildman–Crippen MR) is 296 cm³/mol. The van der Waals surface area contributed by atoms with E-state index in [2.05, 4.69) is 46.5 Å². The van der Waals surface area contributed by atoms with E-state index < -0.39 is 88.6 Å². The number of amides is 6. The van der Waals surface area contributed by atoms with Crippen LogP contribution in [0.5, 0.6) is 11.5 Å². The zero-order valence-corrected chi connectivity index (χ0v) is 46.4. The van der Waals surface area contributed by atoms with Crippen LogP contribution in [0.4, 0.5) is 4.79 Å². The van der Waals surface area contributed by atoms with Crippen LogP contribution in [0.2, 0.25) is 0 Å². The van der Waals surface area contributed by atoms with Gasteiger partial charge in [0.05, 0.1) is 53.9 Å². The van der Waals surface area contributed by atoms with Gasteiger partial charge in [-0.1, -0.05) is 48.5 Å². The van der Waals surface area contributed by atoms with Crippen LogP contribution in [-0.2, 0) is 62.9 Å². The maximum absolute atomic E-state index is 13.9. The molecular weight excluding hydrogens is 1040 g/mol. The number of aromatic amines is 2. The standard InChI is InChI=1S/C37H49N7O9S.C17H19N3O3S/c1-37(2,3)53-36(52)39-16-14-30(45)41-28(19-23-21-40-25-13-9-8-12-24(23)25)34(50)42-26(15-17-54-4)33(49)44-29(20-31(46)47)35(51)43-27(32(38)48)18-22-10-6-5-7-11-22;1-10-8-18-15(11(2)16(10)23-4)9-24(21)17-19-13-6-5-12(22-3)7-14(13)20-17/h5-13,21,26-29,40H,14-20H2,1-4H3,(H2,38,48)(H,39,52)(H,41,45)(H,42,50)(H,43,51)(H,44,49)(H,46,47);5-8H,9H2,1-4H3,(H,19,20)/t26-,27-,28-,29-;/m0./s1. The lowest BCUT2D eigenvalue weighted by atomic mass is 10.0. The number of carbonyl (C=O) groups excluding carboxylic acids is 6. The van der Waals surface area contributed by atoms with Gasteiger partial charge in [-0.25, -0.2) is 9.78 Å². The number of aliphatic carboxylic acids is 1. The number of nitrogens with one attached hydrogen (secondary N) is 7. The molecule has 1 unspecified atom stereocenters. The number of methoxy groups -OCH3 is 2. The number of carbonyl (C=O) groups is 7. The number of aromatic nitrogens is 4. The second kappa shape index (κ2) is 28.9. The molecule has 0 aliphatic rings. The minimum Gasteiger partial charge on any atom is -0.497 e. The summed E-state index contributed by atoms with van der Waals surface area (Å²) in [7, 11) is 1.91. The third-order valence-corrected chi connectivity index (χ3v) is 13.7. The van der Waals surface area contributed by atoms with Crippen molar-refractivity contribution in [1.82, 2.24) is 46.5 Å². The number of H-pyrrole nitrogens is 2. The van der Waals surface area contributed by atoms with E-state index in [-0.39, 0.29) is 38.0 Å². The molecule has 6 aromatic rings. The molecule has 3 aromatic heterocycles. The number of carboxylic acid groups (broad SMARTS) is 1. The summed E-state index contributed by atoms with van der Waals surface area (Å²) in [5.74, 6) is -3.16. The van der Waals surface area contributed by atoms with Gasteiger partial charge in [0.15, 0.2) is 5.16 Å². The van der Waals surface area contributed by atoms with Gasteiger partial charge in [-0.3, -0.25) is 38.0 Å². The molecule has 5 atom stereocenters. The van der Waals surface area contributed by atoms with E-state index in [9.17, 15) is 42.9 Å². The molecule has 0 radical (unpaired) electrons. The highest BCUT2D eigenvalue weighted by Crippen LogP contribution is 2.27. The monoisotopic (exact) mass is 1110 g/mol. The highest BCUT2D eigenvalue weighted by atomic mass is 32.2. The summed E-state index contributed by atoms with van der Waals surface area (Å²) in [5, 5.41) is 23.6. The van der Waals surface area contributed by atoms with Gasteiger partial charge in [0.25, 0.3) is 0 Å². The molecule has 10 N–H and O–H groups in total. The molecular formula is C54H68N10O12S2. The molecule has 0 bridgehead atoms. The number of fused-ring (bicyclic) bond motifs is 2. The van der Waals surface area contributed by atoms with Crippen molar-refractivity contribution in [2.24, 2.45) is 5.73 Å². The summed E-state index contributed by atoms with van der Waals surface area (Å²) in [6.07, 6.45) is 3.67. The smallest absolute Gasteiger partial charge is 0.407 e. The molecule has 0 fully saturated rings. The number of pyridine rings is 1. The van der Waals surface area contributed by atoms with Crippen molar-refractivity contribution < 1.29 is 57.1 Å². The van der Waals surface area contributed by atoms with Crippen LogP contribution in [0.25, 0.3) is 21.9 Å². The van der Waals surface area contributed by atoms with Crippen LogP contribution in [0.15, 0.2) is 90.3 Å². The number of alkyl carbamates (subject to hydrolysis) is 1. The number of rotatable bonds is 25. The van der Waals surface area contributed by atoms with E-state index in [0.29, 0.717) is 22.0 Å². The molecule has 0 aliphatic heterocycles. The first-order valence-corrected chi connectivity index (χ1v) is 27.5. The first-order valence-electron chi connectivity index (χ1n) is 24.8. The lowest BCUT2D eigenvalue weighted by Gasteiger charge is -2.26. The van der Waals surface area contributed by atoms with E-state index in [1.807, 2.05) is 56.3 Å². The van der Waals surface area contributed by atoms with Crippen LogP contribution in [0.3, 0.4) is 0 Å². The average Bonchev–Trinajstić information content (AvgIpc) is 4.03. The molecule has 0 spiro atoms. The van der Waals surface area contributed by atoms with Crippen LogP contribution in [0, 0.1) is 13.8 Å². The maximum atomic E-state index is 13.9. The molecule has 24 heteroatoms. The fourth-order valence-electron chi connectivity index (χ4n) is 7.98. The molecule has 0 saturated heterocycles. The van der Waals surface area contributed by atoms with Gasteiger partial charge in [0.1, 0.15) is 41.3 Å². The van der Waals surface area contributed by atoms with Crippen molar-refractivity contribution in [3.63, 3.8) is 0 Å². The minimum absolute atomic E-state index is 0.0257. The number of para-hydroxylation sites is 1. The summed E-state index contributed by atoms with van der Waals surface area (Å²) in [6.45, 7) is 8.89. The van der Waals surface area contributed by atoms with E-state index in [1.165, 1.54) is 11.8 Å². The number of nitrogens with zero attached hydrogens (tertiary/aromatic N) is 2.